The van der Waals surface area contributed by atoms with Crippen molar-refractivity contribution < 1.29 is 18.9 Å². The maximum atomic E-state index is 12.8. The molecule has 4 heterocycles. The van der Waals surface area contributed by atoms with Crippen molar-refractivity contribution >= 4 is 17.7 Å². The van der Waals surface area contributed by atoms with E-state index in [9.17, 15) is 14.4 Å². The second-order valence-corrected chi connectivity index (χ2v) is 8.74. The molecule has 1 aromatic heterocycles. The Balaban J connectivity index is 1.17. The van der Waals surface area contributed by atoms with E-state index in [-0.39, 0.29) is 24.1 Å². The third-order valence-corrected chi connectivity index (χ3v) is 6.55. The number of benzene rings is 1. The van der Waals surface area contributed by atoms with Gasteiger partial charge in [-0.1, -0.05) is 17.3 Å². The monoisotopic (exact) mass is 437 g/mol. The van der Waals surface area contributed by atoms with E-state index in [1.54, 1.807) is 4.90 Å². The lowest BCUT2D eigenvalue weighted by Crippen LogP contribution is -2.52. The predicted octanol–water partition coefficient (Wildman–Crippen LogP) is 1.19. The lowest BCUT2D eigenvalue weighted by atomic mass is 9.95. The molecule has 2 fully saturated rings. The Labute approximate surface area is 185 Å². The number of fused-ring (bicyclic) bond motifs is 1. The van der Waals surface area contributed by atoms with Gasteiger partial charge in [-0.3, -0.25) is 19.7 Å². The smallest absolute Gasteiger partial charge is 0.255 e. The molecule has 5 rings (SSSR count). The topological polar surface area (TPSA) is 117 Å². The Hall–Kier alpha value is -3.04. The Bertz CT molecular complexity index is 1040. The van der Waals surface area contributed by atoms with Crippen LogP contribution in [0.15, 0.2) is 28.8 Å². The summed E-state index contributed by atoms with van der Waals surface area (Å²) in [5.41, 5.74) is 3.62. The zero-order valence-electron chi connectivity index (χ0n) is 17.9. The molecule has 1 aromatic carbocycles. The van der Waals surface area contributed by atoms with Crippen LogP contribution >= 0.6 is 0 Å². The van der Waals surface area contributed by atoms with Crippen molar-refractivity contribution in [1.29, 1.82) is 0 Å². The molecule has 9 nitrogen and oxygen atoms in total. The summed E-state index contributed by atoms with van der Waals surface area (Å²) in [5, 5.41) is 13.3. The summed E-state index contributed by atoms with van der Waals surface area (Å²) in [6.45, 7) is 3.63. The first-order valence-electron chi connectivity index (χ1n) is 11.2. The van der Waals surface area contributed by atoms with Crippen molar-refractivity contribution in [3.8, 4) is 0 Å². The maximum Gasteiger partial charge on any atom is 0.255 e. The van der Waals surface area contributed by atoms with Crippen LogP contribution < -0.4 is 16.0 Å². The fourth-order valence-corrected chi connectivity index (χ4v) is 4.79. The summed E-state index contributed by atoms with van der Waals surface area (Å²) in [5.74, 6) is 0.467. The average molecular weight is 438 g/mol. The molecule has 3 aliphatic heterocycles. The number of nitrogens with one attached hydrogen (secondary N) is 3. The molecule has 1 unspecified atom stereocenters. The van der Waals surface area contributed by atoms with E-state index < -0.39 is 6.04 Å². The third-order valence-electron chi connectivity index (χ3n) is 6.55. The highest BCUT2D eigenvalue weighted by molar-refractivity contribution is 6.05. The molecule has 2 aromatic rings. The first kappa shape index (κ1) is 20.8. The average Bonchev–Trinajstić information content (AvgIpc) is 3.39. The van der Waals surface area contributed by atoms with E-state index in [0.29, 0.717) is 37.5 Å². The molecule has 3 N–H and O–H groups in total. The van der Waals surface area contributed by atoms with Crippen molar-refractivity contribution in [2.45, 2.75) is 57.3 Å². The predicted molar refractivity (Wildman–Crippen MR) is 114 cm³/mol. The number of carbonyl (C=O) groups excluding carboxylic acids is 3. The highest BCUT2D eigenvalue weighted by atomic mass is 16.5. The van der Waals surface area contributed by atoms with Gasteiger partial charge in [0.1, 0.15) is 6.04 Å². The van der Waals surface area contributed by atoms with Crippen LogP contribution in [0.1, 0.15) is 64.5 Å². The van der Waals surface area contributed by atoms with Crippen LogP contribution in [0, 0.1) is 0 Å². The minimum Gasteiger partial charge on any atom is -0.360 e. The van der Waals surface area contributed by atoms with Gasteiger partial charge in [0.15, 0.2) is 5.76 Å². The SMILES string of the molecule is O=C1CCC(N2Cc3cc(CNCc4cc(C5CCNCC5)no4)ccc3C2=O)C(=O)N1. The van der Waals surface area contributed by atoms with Gasteiger partial charge >= 0.3 is 0 Å². The van der Waals surface area contributed by atoms with E-state index in [4.69, 9.17) is 4.52 Å². The fourth-order valence-electron chi connectivity index (χ4n) is 4.79. The lowest BCUT2D eigenvalue weighted by Gasteiger charge is -2.29. The van der Waals surface area contributed by atoms with Gasteiger partial charge in [0.05, 0.1) is 12.2 Å². The molecule has 3 amide bonds. The molecule has 168 valence electrons. The van der Waals surface area contributed by atoms with E-state index >= 15 is 0 Å². The van der Waals surface area contributed by atoms with E-state index in [2.05, 4.69) is 21.1 Å². The number of hydrogen-bond acceptors (Lipinski definition) is 7. The molecule has 1 atom stereocenters. The summed E-state index contributed by atoms with van der Waals surface area (Å²) in [6.07, 6.45) is 2.80. The van der Waals surface area contributed by atoms with Gasteiger partial charge in [0.25, 0.3) is 5.91 Å². The fraction of sp³-hybridized carbons (Fsp3) is 0.478. The van der Waals surface area contributed by atoms with E-state index in [0.717, 1.165) is 48.5 Å². The van der Waals surface area contributed by atoms with Gasteiger partial charge in [-0.05, 0) is 49.5 Å². The van der Waals surface area contributed by atoms with Gasteiger partial charge in [0.2, 0.25) is 11.8 Å². The Morgan fingerprint density at radius 2 is 1.94 bits per heavy atom. The minimum atomic E-state index is -0.588. The Morgan fingerprint density at radius 1 is 1.09 bits per heavy atom. The Kier molecular flexibility index (Phi) is 5.75. The standard InChI is InChI=1S/C23H27N5O4/c29-21-4-3-20(22(30)26-21)28-13-16-9-14(1-2-18(16)23(28)31)11-25-12-17-10-19(27-32-17)15-5-7-24-8-6-15/h1-2,9-10,15,20,24-25H,3-8,11-13H2,(H,26,29,30). The van der Waals surface area contributed by atoms with Crippen LogP contribution in [0.3, 0.4) is 0 Å². The molecular weight excluding hydrogens is 410 g/mol. The van der Waals surface area contributed by atoms with Crippen molar-refractivity contribution in [3.05, 3.63) is 52.4 Å². The quantitative estimate of drug-likeness (QED) is 0.581. The number of aromatic nitrogens is 1. The molecule has 2 saturated heterocycles. The van der Waals surface area contributed by atoms with Gasteiger partial charge < -0.3 is 20.1 Å². The van der Waals surface area contributed by atoms with Crippen LogP contribution in [0.2, 0.25) is 0 Å². The summed E-state index contributed by atoms with van der Waals surface area (Å²) in [7, 11) is 0. The molecule has 0 spiro atoms. The van der Waals surface area contributed by atoms with Crippen molar-refractivity contribution in [2.24, 2.45) is 0 Å². The highest BCUT2D eigenvalue weighted by Crippen LogP contribution is 2.28. The summed E-state index contributed by atoms with van der Waals surface area (Å²) in [4.78, 5) is 37.9. The van der Waals surface area contributed by atoms with Crippen LogP contribution in [0.25, 0.3) is 0 Å². The minimum absolute atomic E-state index is 0.152. The third kappa shape index (κ3) is 4.18. The zero-order valence-corrected chi connectivity index (χ0v) is 17.9. The number of piperidine rings is 2. The van der Waals surface area contributed by atoms with E-state index in [1.165, 1.54) is 0 Å². The Morgan fingerprint density at radius 3 is 2.75 bits per heavy atom. The summed E-state index contributed by atoms with van der Waals surface area (Å²) >= 11 is 0. The number of imide groups is 1. The second kappa shape index (κ2) is 8.84. The van der Waals surface area contributed by atoms with Crippen molar-refractivity contribution in [3.63, 3.8) is 0 Å². The zero-order chi connectivity index (χ0) is 22.1. The van der Waals surface area contributed by atoms with E-state index in [1.807, 2.05) is 24.3 Å². The van der Waals surface area contributed by atoms with Crippen molar-refractivity contribution in [1.82, 2.24) is 26.0 Å². The number of carbonyl (C=O) groups is 3. The number of amides is 3. The maximum absolute atomic E-state index is 12.8. The molecule has 0 radical (unpaired) electrons. The van der Waals surface area contributed by atoms with Crippen molar-refractivity contribution in [2.75, 3.05) is 13.1 Å². The van der Waals surface area contributed by atoms with Crippen LogP contribution in [-0.4, -0.2) is 46.9 Å². The molecule has 32 heavy (non-hydrogen) atoms. The highest BCUT2D eigenvalue weighted by Gasteiger charge is 2.39. The van der Waals surface area contributed by atoms with Crippen LogP contribution in [0.5, 0.6) is 0 Å². The number of rotatable bonds is 6. The normalized spacial score (nSPS) is 21.7. The summed E-state index contributed by atoms with van der Waals surface area (Å²) < 4.78 is 5.50. The van der Waals surface area contributed by atoms with Crippen LogP contribution in [-0.2, 0) is 29.2 Å². The van der Waals surface area contributed by atoms with Gasteiger partial charge in [-0.15, -0.1) is 0 Å². The first-order chi connectivity index (χ1) is 15.6. The van der Waals surface area contributed by atoms with Gasteiger partial charge in [-0.25, -0.2) is 0 Å². The van der Waals surface area contributed by atoms with Gasteiger partial charge in [0, 0.05) is 37.1 Å². The molecule has 0 saturated carbocycles. The molecule has 3 aliphatic rings. The molecule has 0 aliphatic carbocycles. The van der Waals surface area contributed by atoms with Gasteiger partial charge in [-0.2, -0.15) is 0 Å². The van der Waals surface area contributed by atoms with Crippen LogP contribution in [0.4, 0.5) is 0 Å². The summed E-state index contributed by atoms with van der Waals surface area (Å²) in [6, 6.07) is 7.22. The molecule has 0 bridgehead atoms. The lowest BCUT2D eigenvalue weighted by molar-refractivity contribution is -0.136. The number of nitrogens with zero attached hydrogens (tertiary/aromatic N) is 2. The first-order valence-corrected chi connectivity index (χ1v) is 11.2. The second-order valence-electron chi connectivity index (χ2n) is 8.74. The molecule has 9 heteroatoms. The number of hydrogen-bond donors (Lipinski definition) is 3. The largest absolute Gasteiger partial charge is 0.360 e. The molecular formula is C23H27N5O4.